The van der Waals surface area contributed by atoms with Crippen LogP contribution in [0.25, 0.3) is 0 Å². The first-order chi connectivity index (χ1) is 36.6. The maximum atomic E-state index is 12.9. The Kier molecular flexibility index (Phi) is 55.3. The first-order valence-corrected chi connectivity index (χ1v) is 31.8. The maximum Gasteiger partial charge on any atom is 0.361 e. The van der Waals surface area contributed by atoms with E-state index in [2.05, 4.69) is 62.5 Å². The molecule has 0 aromatic rings. The summed E-state index contributed by atoms with van der Waals surface area (Å²) in [4.78, 5) is 37.4. The van der Waals surface area contributed by atoms with E-state index < -0.39 is 18.4 Å². The number of esters is 2. The zero-order chi connectivity index (χ0) is 54.8. The number of carbonyl (C=O) groups excluding carboxylic acids is 2. The molecule has 0 amide bonds. The zero-order valence-electron chi connectivity index (χ0n) is 50.0. The molecule has 0 heterocycles. The lowest BCUT2D eigenvalue weighted by molar-refractivity contribution is -0.870. The highest BCUT2D eigenvalue weighted by molar-refractivity contribution is 5.71. The fourth-order valence-electron chi connectivity index (χ4n) is 9.24. The van der Waals surface area contributed by atoms with E-state index >= 15 is 0 Å². The first kappa shape index (κ1) is 72.2. The van der Waals surface area contributed by atoms with Crippen LogP contribution in [0.3, 0.4) is 0 Å². The molecule has 75 heavy (non-hydrogen) atoms. The minimum absolute atomic E-state index is 0.176. The van der Waals surface area contributed by atoms with E-state index in [1.807, 2.05) is 21.1 Å². The van der Waals surface area contributed by atoms with Crippen molar-refractivity contribution in [3.63, 3.8) is 0 Å². The van der Waals surface area contributed by atoms with Crippen molar-refractivity contribution < 1.29 is 42.9 Å². The second kappa shape index (κ2) is 57.4. The van der Waals surface area contributed by atoms with Gasteiger partial charge < -0.3 is 28.5 Å². The topological polar surface area (TPSA) is 108 Å². The van der Waals surface area contributed by atoms with Crippen LogP contribution in [0.1, 0.15) is 296 Å². The Morgan fingerprint density at radius 3 is 1.13 bits per heavy atom. The van der Waals surface area contributed by atoms with Gasteiger partial charge in [0.25, 0.3) is 6.29 Å². The van der Waals surface area contributed by atoms with Crippen LogP contribution >= 0.6 is 0 Å². The van der Waals surface area contributed by atoms with Crippen molar-refractivity contribution in [2.45, 2.75) is 309 Å². The van der Waals surface area contributed by atoms with E-state index in [4.69, 9.17) is 18.9 Å². The van der Waals surface area contributed by atoms with Crippen molar-refractivity contribution >= 4 is 17.9 Å². The average Bonchev–Trinajstić information content (AvgIpc) is 3.38. The van der Waals surface area contributed by atoms with Crippen LogP contribution in [-0.4, -0.2) is 87.4 Å². The molecule has 0 aliphatic rings. The van der Waals surface area contributed by atoms with Crippen molar-refractivity contribution in [2.75, 3.05) is 47.5 Å². The number of ether oxygens (including phenoxy) is 4. The fourth-order valence-corrected chi connectivity index (χ4v) is 9.24. The molecule has 0 spiro atoms. The molecule has 9 nitrogen and oxygen atoms in total. The molecule has 0 aliphatic carbocycles. The number of carboxylic acids is 1. The van der Waals surface area contributed by atoms with Crippen LogP contribution in [0, 0.1) is 0 Å². The molecule has 0 aromatic carbocycles. The molecular formula is C66H122NO8+. The smallest absolute Gasteiger partial charge is 0.361 e. The Morgan fingerprint density at radius 2 is 0.760 bits per heavy atom. The predicted molar refractivity (Wildman–Crippen MR) is 318 cm³/mol. The molecule has 1 N–H and O–H groups in total. The van der Waals surface area contributed by atoms with E-state index in [-0.39, 0.29) is 38.2 Å². The minimum Gasteiger partial charge on any atom is -0.477 e. The van der Waals surface area contributed by atoms with Crippen LogP contribution in [-0.2, 0) is 33.3 Å². The maximum absolute atomic E-state index is 12.9. The molecule has 0 bridgehead atoms. The van der Waals surface area contributed by atoms with Gasteiger partial charge >= 0.3 is 17.9 Å². The lowest BCUT2D eigenvalue weighted by atomic mass is 10.0. The van der Waals surface area contributed by atoms with Gasteiger partial charge in [-0.15, -0.1) is 0 Å². The van der Waals surface area contributed by atoms with Crippen LogP contribution in [0.15, 0.2) is 48.6 Å². The van der Waals surface area contributed by atoms with Crippen LogP contribution in [0.2, 0.25) is 0 Å². The molecule has 438 valence electrons. The standard InChI is InChI=1S/C66H121NO8/c1-6-8-10-12-14-16-18-20-22-23-24-25-26-27-28-29-30-31-32-33-34-35-36-37-38-39-40-41-43-45-47-49-51-53-55-57-64(69)75-62(61-74-66(65(70)71)72-59-58-67(3,4)5)60-73-63(68)56-54-52-50-48-46-44-42-21-19-17-15-13-11-9-7-2/h8,10,14,16,20,22,24-25,62,66H,6-7,9,11-13,15,17-19,21,23,26-61H2,1-5H3/p+1/b10-8-,16-14-,22-20-,25-24-. The third-order valence-electron chi connectivity index (χ3n) is 14.1. The molecule has 2 unspecified atom stereocenters. The number of aliphatic carboxylic acids is 1. The fraction of sp³-hybridized carbons (Fsp3) is 0.833. The summed E-state index contributed by atoms with van der Waals surface area (Å²) in [7, 11) is 5.98. The summed E-state index contributed by atoms with van der Waals surface area (Å²) in [6.45, 7) is 4.81. The van der Waals surface area contributed by atoms with Crippen molar-refractivity contribution in [3.8, 4) is 0 Å². The van der Waals surface area contributed by atoms with Gasteiger partial charge in [0, 0.05) is 12.8 Å². The monoisotopic (exact) mass is 1060 g/mol. The number of allylic oxidation sites excluding steroid dienone is 8. The van der Waals surface area contributed by atoms with E-state index in [0.717, 1.165) is 64.2 Å². The van der Waals surface area contributed by atoms with Crippen molar-refractivity contribution in [1.29, 1.82) is 0 Å². The first-order valence-electron chi connectivity index (χ1n) is 31.8. The Morgan fingerprint density at radius 1 is 0.413 bits per heavy atom. The number of unbranched alkanes of at least 4 members (excludes halogenated alkanes) is 36. The molecule has 0 rings (SSSR count). The molecule has 2 atom stereocenters. The molecule has 0 saturated carbocycles. The second-order valence-corrected chi connectivity index (χ2v) is 22.7. The predicted octanol–water partition coefficient (Wildman–Crippen LogP) is 19.0. The van der Waals surface area contributed by atoms with Crippen molar-refractivity contribution in [1.82, 2.24) is 0 Å². The van der Waals surface area contributed by atoms with Gasteiger partial charge in [-0.1, -0.05) is 281 Å². The normalized spacial score (nSPS) is 13.0. The van der Waals surface area contributed by atoms with Crippen LogP contribution in [0.5, 0.6) is 0 Å². The number of carboxylic acid groups (broad SMARTS) is 1. The number of quaternary nitrogens is 1. The number of likely N-dealkylation sites (N-methyl/N-ethyl adjacent to an activating group) is 1. The van der Waals surface area contributed by atoms with Gasteiger partial charge in [0.05, 0.1) is 34.4 Å². The molecule has 0 radical (unpaired) electrons. The lowest BCUT2D eigenvalue weighted by Gasteiger charge is -2.25. The molecule has 0 saturated heterocycles. The van der Waals surface area contributed by atoms with E-state index in [1.54, 1.807) is 0 Å². The van der Waals surface area contributed by atoms with Gasteiger partial charge in [0.1, 0.15) is 13.2 Å². The minimum atomic E-state index is -1.51. The van der Waals surface area contributed by atoms with Gasteiger partial charge in [-0.05, 0) is 51.4 Å². The number of carbonyl (C=O) groups is 3. The van der Waals surface area contributed by atoms with E-state index in [9.17, 15) is 19.5 Å². The summed E-state index contributed by atoms with van der Waals surface area (Å²) in [6, 6.07) is 0. The van der Waals surface area contributed by atoms with Crippen molar-refractivity contribution in [3.05, 3.63) is 48.6 Å². The largest absolute Gasteiger partial charge is 0.477 e. The summed E-state index contributed by atoms with van der Waals surface area (Å²) in [5.74, 6) is -1.98. The number of hydrogen-bond acceptors (Lipinski definition) is 7. The molecule has 0 aromatic heterocycles. The van der Waals surface area contributed by atoms with Crippen LogP contribution in [0.4, 0.5) is 0 Å². The molecule has 0 fully saturated rings. The Labute approximate surface area is 463 Å². The number of nitrogens with zero attached hydrogens (tertiary/aromatic N) is 1. The highest BCUT2D eigenvalue weighted by Gasteiger charge is 2.25. The second-order valence-electron chi connectivity index (χ2n) is 22.7. The summed E-state index contributed by atoms with van der Waals surface area (Å²) >= 11 is 0. The molecule has 0 aliphatic heterocycles. The zero-order valence-corrected chi connectivity index (χ0v) is 50.0. The van der Waals surface area contributed by atoms with Gasteiger partial charge in [0.15, 0.2) is 6.10 Å². The van der Waals surface area contributed by atoms with Gasteiger partial charge in [-0.3, -0.25) is 9.59 Å². The summed E-state index contributed by atoms with van der Waals surface area (Å²) in [5.41, 5.74) is 0. The van der Waals surface area contributed by atoms with Crippen molar-refractivity contribution in [2.24, 2.45) is 0 Å². The Balaban J connectivity index is 4.02. The Bertz CT molecular complexity index is 1370. The van der Waals surface area contributed by atoms with E-state index in [1.165, 1.54) is 205 Å². The van der Waals surface area contributed by atoms with Gasteiger partial charge in [0.2, 0.25) is 0 Å². The summed E-state index contributed by atoms with van der Waals surface area (Å²) in [5, 5.41) is 9.71. The molecular weight excluding hydrogens is 935 g/mol. The summed E-state index contributed by atoms with van der Waals surface area (Å²) in [6.07, 6.45) is 69.3. The highest BCUT2D eigenvalue weighted by Crippen LogP contribution is 2.18. The van der Waals surface area contributed by atoms with Crippen LogP contribution < -0.4 is 0 Å². The lowest BCUT2D eigenvalue weighted by Crippen LogP contribution is -2.40. The molecule has 9 heteroatoms. The number of rotatable bonds is 59. The van der Waals surface area contributed by atoms with E-state index in [0.29, 0.717) is 17.4 Å². The highest BCUT2D eigenvalue weighted by atomic mass is 16.7. The third kappa shape index (κ3) is 58.8. The van der Waals surface area contributed by atoms with Gasteiger partial charge in [-0.25, -0.2) is 4.79 Å². The third-order valence-corrected chi connectivity index (χ3v) is 14.1. The quantitative estimate of drug-likeness (QED) is 0.0211. The average molecular weight is 1060 g/mol. The number of hydrogen-bond donors (Lipinski definition) is 1. The SMILES string of the molecule is CC/C=C\C/C=C\C/C=C\C/C=C\CCCCCCCCCCCCCCCCCCCCCCCCC(=O)OC(COC(=O)CCCCCCCCCCCCCCCCC)COC(OCC[N+](C)(C)C)C(=O)O. The van der Waals surface area contributed by atoms with Gasteiger partial charge in [-0.2, -0.15) is 0 Å². The summed E-state index contributed by atoms with van der Waals surface area (Å²) < 4.78 is 22.9. The Hall–Kier alpha value is -2.75.